The third-order valence-electron chi connectivity index (χ3n) is 11.8. The molecular formula is C45H69N5O10. The van der Waals surface area contributed by atoms with Gasteiger partial charge in [-0.25, -0.2) is 9.59 Å². The number of nitrogens with zero attached hydrogens (tertiary/aromatic N) is 3. The molecule has 0 saturated heterocycles. The van der Waals surface area contributed by atoms with Gasteiger partial charge in [0.15, 0.2) is 6.10 Å². The number of allylic oxidation sites excluding steroid dienone is 1. The van der Waals surface area contributed by atoms with Gasteiger partial charge in [-0.2, -0.15) is 0 Å². The van der Waals surface area contributed by atoms with Gasteiger partial charge in [-0.1, -0.05) is 83.5 Å². The minimum Gasteiger partial charge on any atom is -0.456 e. The minimum absolute atomic E-state index is 0.0203. The van der Waals surface area contributed by atoms with E-state index in [1.54, 1.807) is 65.0 Å². The fourth-order valence-electron chi connectivity index (χ4n) is 6.71. The van der Waals surface area contributed by atoms with Gasteiger partial charge in [0.2, 0.25) is 23.6 Å². The van der Waals surface area contributed by atoms with E-state index in [9.17, 15) is 38.7 Å². The van der Waals surface area contributed by atoms with Crippen molar-refractivity contribution < 1.29 is 48.1 Å². The van der Waals surface area contributed by atoms with Crippen LogP contribution in [0.3, 0.4) is 0 Å². The first kappa shape index (κ1) is 51.1. The van der Waals surface area contributed by atoms with E-state index in [4.69, 9.17) is 9.47 Å². The molecule has 15 heteroatoms. The second-order valence-electron chi connectivity index (χ2n) is 16.3. The van der Waals surface area contributed by atoms with Gasteiger partial charge in [-0.3, -0.25) is 24.0 Å². The van der Waals surface area contributed by atoms with Crippen LogP contribution in [0.2, 0.25) is 0 Å². The average Bonchev–Trinajstić information content (AvgIpc) is 3.24. The molecule has 0 bridgehead atoms. The summed E-state index contributed by atoms with van der Waals surface area (Å²) in [5.74, 6) is -6.05. The number of cyclic esters (lactones) is 2. The molecule has 15 nitrogen and oxygen atoms in total. The van der Waals surface area contributed by atoms with E-state index in [0.29, 0.717) is 18.4 Å². The van der Waals surface area contributed by atoms with Crippen molar-refractivity contribution in [3.05, 3.63) is 59.2 Å². The summed E-state index contributed by atoms with van der Waals surface area (Å²) < 4.78 is 11.7. The van der Waals surface area contributed by atoms with Crippen LogP contribution >= 0.6 is 0 Å². The van der Waals surface area contributed by atoms with Gasteiger partial charge >= 0.3 is 11.9 Å². The Bertz CT molecular complexity index is 1730. The van der Waals surface area contributed by atoms with E-state index in [1.807, 2.05) is 19.9 Å². The molecule has 0 unspecified atom stereocenters. The number of ether oxygens (including phenoxy) is 2. The number of hydrogen-bond acceptors (Lipinski definition) is 10. The van der Waals surface area contributed by atoms with Crippen LogP contribution in [-0.2, 0) is 49.5 Å². The Kier molecular flexibility index (Phi) is 20.2. The number of hydrogen-bond donors (Lipinski definition) is 3. The van der Waals surface area contributed by atoms with Crippen LogP contribution < -0.4 is 10.6 Å². The molecule has 60 heavy (non-hydrogen) atoms. The molecule has 1 heterocycles. The number of nitrogens with one attached hydrogen (secondary N) is 2. The molecule has 0 aromatic heterocycles. The standard InChI is InChI=1S/C45H69N5O10/c1-14-26(4)37-43(56)49(12)32(10)45(58)59-38(27(5)15-2)30(8)35(51)23-22-29(7)44(57)60-39(28(6)16-3)40(53)46-31(9)41(54)50(13)34(24-33-20-18-17-19-21-33)42(55)48(11)25-36(52)47-37/h15,17-22,26,28,30-32,34-35,37-39,51H,14,16,23-25H2,1-13H3,(H,46,53)(H,47,52)/b27-15+,29-22+/t26-,28+,30+,31+,32+,34-,35+,37+,38+,39-/m1/s1. The molecule has 1 aliphatic rings. The maximum absolute atomic E-state index is 14.2. The largest absolute Gasteiger partial charge is 0.456 e. The van der Waals surface area contributed by atoms with E-state index in [0.717, 1.165) is 5.56 Å². The molecule has 5 amide bonds. The summed E-state index contributed by atoms with van der Waals surface area (Å²) in [6, 6.07) is 4.61. The van der Waals surface area contributed by atoms with Crippen LogP contribution in [0.4, 0.5) is 0 Å². The highest BCUT2D eigenvalue weighted by Gasteiger charge is 2.38. The number of carbonyl (C=O) groups is 7. The van der Waals surface area contributed by atoms with Crippen molar-refractivity contribution in [3.8, 4) is 0 Å². The van der Waals surface area contributed by atoms with Crippen molar-refractivity contribution in [3.63, 3.8) is 0 Å². The number of carbonyl (C=O) groups excluding carboxylic acids is 7. The summed E-state index contributed by atoms with van der Waals surface area (Å²) in [6.07, 6.45) is 1.02. The van der Waals surface area contributed by atoms with E-state index in [1.165, 1.54) is 62.7 Å². The summed E-state index contributed by atoms with van der Waals surface area (Å²) in [5.41, 5.74) is 1.52. The van der Waals surface area contributed by atoms with Crippen LogP contribution in [0.5, 0.6) is 0 Å². The van der Waals surface area contributed by atoms with Crippen LogP contribution in [-0.4, -0.2) is 131 Å². The molecule has 1 aromatic carbocycles. The maximum Gasteiger partial charge on any atom is 0.334 e. The fourth-order valence-corrected chi connectivity index (χ4v) is 6.71. The lowest BCUT2D eigenvalue weighted by molar-refractivity contribution is -0.160. The first-order valence-electron chi connectivity index (χ1n) is 20.9. The molecule has 0 spiro atoms. The number of benzene rings is 1. The zero-order valence-electron chi connectivity index (χ0n) is 37.8. The lowest BCUT2D eigenvalue weighted by atomic mass is 9.90. The molecule has 1 aliphatic heterocycles. The van der Waals surface area contributed by atoms with E-state index < -0.39 is 102 Å². The molecule has 2 rings (SSSR count). The normalized spacial score (nSPS) is 29.2. The van der Waals surface area contributed by atoms with Crippen molar-refractivity contribution in [2.24, 2.45) is 17.8 Å². The Balaban J connectivity index is 2.67. The van der Waals surface area contributed by atoms with E-state index in [2.05, 4.69) is 10.6 Å². The number of amides is 5. The summed E-state index contributed by atoms with van der Waals surface area (Å²) in [5, 5.41) is 16.7. The third kappa shape index (κ3) is 13.7. The predicted octanol–water partition coefficient (Wildman–Crippen LogP) is 3.58. The number of rotatable bonds is 7. The summed E-state index contributed by atoms with van der Waals surface area (Å²) in [7, 11) is 4.31. The highest BCUT2D eigenvalue weighted by molar-refractivity contribution is 5.96. The second-order valence-corrected chi connectivity index (χ2v) is 16.3. The first-order chi connectivity index (χ1) is 28.1. The quantitative estimate of drug-likeness (QED) is 0.270. The Morgan fingerprint density at radius 3 is 2.03 bits per heavy atom. The fraction of sp³-hybridized carbons (Fsp3) is 0.622. The van der Waals surface area contributed by atoms with Gasteiger partial charge < -0.3 is 39.9 Å². The number of aliphatic hydroxyl groups is 1. The molecule has 0 radical (unpaired) electrons. The zero-order chi connectivity index (χ0) is 45.6. The third-order valence-corrected chi connectivity index (χ3v) is 11.8. The molecule has 3 N–H and O–H groups in total. The average molecular weight is 840 g/mol. The van der Waals surface area contributed by atoms with Crippen molar-refractivity contribution in [1.82, 2.24) is 25.3 Å². The Morgan fingerprint density at radius 2 is 1.47 bits per heavy atom. The SMILES string of the molecule is C/C=C(\C)[C@@H]1OC(=O)[C@H](C)N(C)C(=O)[C@H]([C@H](C)CC)NC(=O)CN(C)C(=O)[C@@H](Cc2ccccc2)N(C)C(=O)[C@H](C)NC(=O)[C@@H]([C@@H](C)CC)OC(=O)/C(C)=C/C[C@H](O)[C@@H]1C. The van der Waals surface area contributed by atoms with Crippen molar-refractivity contribution >= 4 is 41.5 Å². The summed E-state index contributed by atoms with van der Waals surface area (Å²) >= 11 is 0. The van der Waals surface area contributed by atoms with Crippen LogP contribution in [0, 0.1) is 17.8 Å². The number of likely N-dealkylation sites (N-methyl/N-ethyl adjacent to an activating group) is 3. The second kappa shape index (κ2) is 23.7. The highest BCUT2D eigenvalue weighted by atomic mass is 16.6. The molecule has 10 atom stereocenters. The lowest BCUT2D eigenvalue weighted by Crippen LogP contribution is -2.58. The monoisotopic (exact) mass is 840 g/mol. The Labute approximate surface area is 356 Å². The summed E-state index contributed by atoms with van der Waals surface area (Å²) in [4.78, 5) is 100. The topological polar surface area (TPSA) is 192 Å². The maximum atomic E-state index is 14.2. The molecule has 0 saturated carbocycles. The van der Waals surface area contributed by atoms with Crippen molar-refractivity contribution in [1.29, 1.82) is 0 Å². The highest BCUT2D eigenvalue weighted by Crippen LogP contribution is 2.25. The van der Waals surface area contributed by atoms with Gasteiger partial charge in [0.05, 0.1) is 12.6 Å². The van der Waals surface area contributed by atoms with E-state index >= 15 is 0 Å². The van der Waals surface area contributed by atoms with E-state index in [-0.39, 0.29) is 24.3 Å². The van der Waals surface area contributed by atoms with Crippen LogP contribution in [0.15, 0.2) is 53.6 Å². The Hall–Kier alpha value is -5.05. The molecular weight excluding hydrogens is 771 g/mol. The van der Waals surface area contributed by atoms with Gasteiger partial charge in [-0.15, -0.1) is 0 Å². The molecule has 0 aliphatic carbocycles. The smallest absolute Gasteiger partial charge is 0.334 e. The minimum atomic E-state index is -1.27. The van der Waals surface area contributed by atoms with Gasteiger partial charge in [-0.05, 0) is 64.5 Å². The van der Waals surface area contributed by atoms with Gasteiger partial charge in [0.25, 0.3) is 5.91 Å². The zero-order valence-corrected chi connectivity index (χ0v) is 37.8. The van der Waals surface area contributed by atoms with Gasteiger partial charge in [0, 0.05) is 45.0 Å². The first-order valence-corrected chi connectivity index (χ1v) is 20.9. The van der Waals surface area contributed by atoms with Crippen molar-refractivity contribution in [2.45, 2.75) is 137 Å². The summed E-state index contributed by atoms with van der Waals surface area (Å²) in [6.45, 7) is 16.5. The Morgan fingerprint density at radius 1 is 0.867 bits per heavy atom. The van der Waals surface area contributed by atoms with Crippen LogP contribution in [0.1, 0.15) is 94.1 Å². The molecule has 334 valence electrons. The molecule has 0 fully saturated rings. The lowest BCUT2D eigenvalue weighted by Gasteiger charge is -2.34. The number of aliphatic hydroxyl groups excluding tert-OH is 1. The predicted molar refractivity (Wildman–Crippen MR) is 228 cm³/mol. The van der Waals surface area contributed by atoms with Crippen molar-refractivity contribution in [2.75, 3.05) is 27.7 Å². The molecule has 1 aromatic rings. The number of esters is 2. The van der Waals surface area contributed by atoms with Gasteiger partial charge in [0.1, 0.15) is 30.3 Å². The van der Waals surface area contributed by atoms with Crippen LogP contribution in [0.25, 0.3) is 0 Å².